The van der Waals surface area contributed by atoms with Crippen LogP contribution in [0.1, 0.15) is 38.6 Å². The van der Waals surface area contributed by atoms with Gasteiger partial charge in [-0.1, -0.05) is 13.0 Å². The highest BCUT2D eigenvalue weighted by atomic mass is 15.1. The molecule has 3 nitrogen and oxygen atoms in total. The quantitative estimate of drug-likeness (QED) is 0.805. The zero-order valence-electron chi connectivity index (χ0n) is 12.4. The predicted molar refractivity (Wildman–Crippen MR) is 77.7 cm³/mol. The number of hydrogen-bond acceptors (Lipinski definition) is 3. The summed E-state index contributed by atoms with van der Waals surface area (Å²) in [6.45, 7) is 10.7. The molecule has 1 heterocycles. The van der Waals surface area contributed by atoms with Crippen LogP contribution in [-0.4, -0.2) is 35.6 Å². The van der Waals surface area contributed by atoms with Crippen LogP contribution in [0.15, 0.2) is 18.2 Å². The van der Waals surface area contributed by atoms with E-state index in [0.717, 1.165) is 30.9 Å². The van der Waals surface area contributed by atoms with Crippen LogP contribution in [0.25, 0.3) is 0 Å². The molecule has 1 aromatic heterocycles. The van der Waals surface area contributed by atoms with E-state index in [1.54, 1.807) is 0 Å². The molecule has 0 aliphatic heterocycles. The van der Waals surface area contributed by atoms with E-state index in [2.05, 4.69) is 55.2 Å². The van der Waals surface area contributed by atoms with Crippen molar-refractivity contribution < 1.29 is 0 Å². The molecule has 0 saturated heterocycles. The van der Waals surface area contributed by atoms with Gasteiger partial charge in [0.25, 0.3) is 0 Å². The fourth-order valence-electron chi connectivity index (χ4n) is 2.22. The van der Waals surface area contributed by atoms with Gasteiger partial charge in [0.15, 0.2) is 0 Å². The molecular weight excluding hydrogens is 222 g/mol. The molecular formula is C15H27N3. The minimum absolute atomic E-state index is 0.557. The van der Waals surface area contributed by atoms with E-state index >= 15 is 0 Å². The molecule has 0 fully saturated rings. The Hall–Kier alpha value is -0.930. The molecule has 0 radical (unpaired) electrons. The van der Waals surface area contributed by atoms with Gasteiger partial charge in [0, 0.05) is 24.3 Å². The van der Waals surface area contributed by atoms with Gasteiger partial charge >= 0.3 is 0 Å². The van der Waals surface area contributed by atoms with Gasteiger partial charge in [-0.2, -0.15) is 0 Å². The van der Waals surface area contributed by atoms with Gasteiger partial charge in [-0.3, -0.25) is 9.88 Å². The lowest BCUT2D eigenvalue weighted by Gasteiger charge is -2.27. The second-order valence-corrected chi connectivity index (χ2v) is 5.23. The molecule has 0 aromatic carbocycles. The molecule has 2 unspecified atom stereocenters. The van der Waals surface area contributed by atoms with Crippen molar-refractivity contribution in [1.82, 2.24) is 15.2 Å². The Morgan fingerprint density at radius 3 is 2.67 bits per heavy atom. The van der Waals surface area contributed by atoms with Gasteiger partial charge in [-0.05, 0) is 52.9 Å². The lowest BCUT2D eigenvalue weighted by atomic mass is 10.1. The number of pyridine rings is 1. The molecule has 0 amide bonds. The Labute approximate surface area is 112 Å². The third-order valence-electron chi connectivity index (χ3n) is 3.36. The average Bonchev–Trinajstić information content (AvgIpc) is 2.29. The molecule has 3 heteroatoms. The second kappa shape index (κ2) is 7.49. The van der Waals surface area contributed by atoms with Gasteiger partial charge in [0.05, 0.1) is 5.69 Å². The van der Waals surface area contributed by atoms with Gasteiger partial charge in [0.2, 0.25) is 0 Å². The van der Waals surface area contributed by atoms with E-state index in [1.807, 2.05) is 13.0 Å². The third-order valence-corrected chi connectivity index (χ3v) is 3.36. The summed E-state index contributed by atoms with van der Waals surface area (Å²) in [5.74, 6) is 0. The SMILES string of the molecule is CCNC(C)CC(C)N(C)Cc1cccc(C)n1. The molecule has 1 rings (SSSR count). The standard InChI is InChI=1S/C15H27N3/c1-6-16-13(3)10-14(4)18(5)11-15-9-7-8-12(2)17-15/h7-9,13-14,16H,6,10-11H2,1-5H3. The molecule has 0 spiro atoms. The Morgan fingerprint density at radius 2 is 2.06 bits per heavy atom. The topological polar surface area (TPSA) is 28.2 Å². The lowest BCUT2D eigenvalue weighted by molar-refractivity contribution is 0.221. The van der Waals surface area contributed by atoms with Crippen molar-refractivity contribution in [2.24, 2.45) is 0 Å². The van der Waals surface area contributed by atoms with Gasteiger partial charge in [-0.25, -0.2) is 0 Å². The van der Waals surface area contributed by atoms with E-state index in [0.29, 0.717) is 12.1 Å². The summed E-state index contributed by atoms with van der Waals surface area (Å²) in [5, 5.41) is 3.46. The van der Waals surface area contributed by atoms with E-state index in [-0.39, 0.29) is 0 Å². The van der Waals surface area contributed by atoms with Crippen molar-refractivity contribution in [3.63, 3.8) is 0 Å². The van der Waals surface area contributed by atoms with Crippen molar-refractivity contribution >= 4 is 0 Å². The van der Waals surface area contributed by atoms with E-state index < -0.39 is 0 Å². The monoisotopic (exact) mass is 249 g/mol. The van der Waals surface area contributed by atoms with Crippen LogP contribution < -0.4 is 5.32 Å². The highest BCUT2D eigenvalue weighted by Gasteiger charge is 2.13. The summed E-state index contributed by atoms with van der Waals surface area (Å²) in [6, 6.07) is 7.35. The number of nitrogens with zero attached hydrogens (tertiary/aromatic N) is 2. The first-order valence-corrected chi connectivity index (χ1v) is 6.89. The van der Waals surface area contributed by atoms with Crippen molar-refractivity contribution in [2.45, 2.75) is 52.7 Å². The summed E-state index contributed by atoms with van der Waals surface area (Å²) >= 11 is 0. The molecule has 0 saturated carbocycles. The summed E-state index contributed by atoms with van der Waals surface area (Å²) in [4.78, 5) is 6.92. The van der Waals surface area contributed by atoms with Crippen LogP contribution in [0.5, 0.6) is 0 Å². The summed E-state index contributed by atoms with van der Waals surface area (Å²) in [5.41, 5.74) is 2.25. The largest absolute Gasteiger partial charge is 0.314 e. The molecule has 1 N–H and O–H groups in total. The Kier molecular flexibility index (Phi) is 6.30. The van der Waals surface area contributed by atoms with E-state index in [1.165, 1.54) is 0 Å². The Morgan fingerprint density at radius 1 is 1.33 bits per heavy atom. The smallest absolute Gasteiger partial charge is 0.0547 e. The number of aromatic nitrogens is 1. The van der Waals surface area contributed by atoms with Crippen molar-refractivity contribution in [1.29, 1.82) is 0 Å². The Bertz CT molecular complexity index is 351. The zero-order chi connectivity index (χ0) is 13.5. The summed E-state index contributed by atoms with van der Waals surface area (Å²) < 4.78 is 0. The first-order valence-electron chi connectivity index (χ1n) is 6.89. The number of nitrogens with one attached hydrogen (secondary N) is 1. The summed E-state index contributed by atoms with van der Waals surface area (Å²) in [6.07, 6.45) is 1.16. The maximum Gasteiger partial charge on any atom is 0.0547 e. The minimum Gasteiger partial charge on any atom is -0.314 e. The van der Waals surface area contributed by atoms with Crippen LogP contribution in [0.4, 0.5) is 0 Å². The van der Waals surface area contributed by atoms with Gasteiger partial charge in [-0.15, -0.1) is 0 Å². The van der Waals surface area contributed by atoms with Crippen LogP contribution in [0.2, 0.25) is 0 Å². The maximum atomic E-state index is 4.55. The first kappa shape index (κ1) is 15.1. The molecule has 0 bridgehead atoms. The predicted octanol–water partition coefficient (Wildman–Crippen LogP) is 2.60. The molecule has 18 heavy (non-hydrogen) atoms. The van der Waals surface area contributed by atoms with E-state index in [4.69, 9.17) is 0 Å². The van der Waals surface area contributed by atoms with Crippen molar-refractivity contribution in [3.05, 3.63) is 29.6 Å². The molecule has 102 valence electrons. The fourth-order valence-corrected chi connectivity index (χ4v) is 2.22. The van der Waals surface area contributed by atoms with Crippen LogP contribution in [-0.2, 0) is 6.54 Å². The Balaban J connectivity index is 2.46. The first-order chi connectivity index (χ1) is 8.52. The average molecular weight is 249 g/mol. The highest BCUT2D eigenvalue weighted by Crippen LogP contribution is 2.09. The number of rotatable bonds is 7. The normalized spacial score (nSPS) is 14.8. The minimum atomic E-state index is 0.557. The fraction of sp³-hybridized carbons (Fsp3) is 0.667. The molecule has 1 aromatic rings. The molecule has 0 aliphatic rings. The third kappa shape index (κ3) is 5.15. The zero-order valence-corrected chi connectivity index (χ0v) is 12.4. The van der Waals surface area contributed by atoms with Crippen LogP contribution in [0.3, 0.4) is 0 Å². The van der Waals surface area contributed by atoms with Crippen LogP contribution >= 0.6 is 0 Å². The maximum absolute atomic E-state index is 4.55. The molecule has 2 atom stereocenters. The van der Waals surface area contributed by atoms with E-state index in [9.17, 15) is 0 Å². The van der Waals surface area contributed by atoms with Gasteiger partial charge in [0.1, 0.15) is 0 Å². The van der Waals surface area contributed by atoms with Gasteiger partial charge < -0.3 is 5.32 Å². The summed E-state index contributed by atoms with van der Waals surface area (Å²) in [7, 11) is 2.17. The highest BCUT2D eigenvalue weighted by molar-refractivity contribution is 5.09. The number of hydrogen-bond donors (Lipinski definition) is 1. The van der Waals surface area contributed by atoms with Crippen molar-refractivity contribution in [3.8, 4) is 0 Å². The number of aryl methyl sites for hydroxylation is 1. The molecule has 0 aliphatic carbocycles. The van der Waals surface area contributed by atoms with Crippen molar-refractivity contribution in [2.75, 3.05) is 13.6 Å². The lowest BCUT2D eigenvalue weighted by Crippen LogP contribution is -2.36. The van der Waals surface area contributed by atoms with Crippen LogP contribution in [0, 0.1) is 6.92 Å². The second-order valence-electron chi connectivity index (χ2n) is 5.23.